The molecule has 0 aromatic heterocycles. The van der Waals surface area contributed by atoms with Gasteiger partial charge >= 0.3 is 0 Å². The minimum Gasteiger partial charge on any atom is -0.356 e. The van der Waals surface area contributed by atoms with Crippen molar-refractivity contribution in [3.8, 4) is 0 Å². The van der Waals surface area contributed by atoms with E-state index in [2.05, 4.69) is 39.8 Å². The molecule has 1 saturated carbocycles. The molecular formula is C24H42O4. The molecule has 0 unspecified atom stereocenters. The monoisotopic (exact) mass is 394 g/mol. The number of rotatable bonds is 12. The Morgan fingerprint density at radius 1 is 0.964 bits per heavy atom. The zero-order chi connectivity index (χ0) is 20.8. The molecule has 2 aliphatic rings. The molecule has 0 amide bonds. The molecule has 4 nitrogen and oxygen atoms in total. The fourth-order valence-corrected chi connectivity index (χ4v) is 4.68. The summed E-state index contributed by atoms with van der Waals surface area (Å²) in [6.07, 6.45) is 11.3. The summed E-state index contributed by atoms with van der Waals surface area (Å²) < 4.78 is 22.3. The third-order valence-corrected chi connectivity index (χ3v) is 6.77. The second-order valence-corrected chi connectivity index (χ2v) is 9.34. The van der Waals surface area contributed by atoms with E-state index in [4.69, 9.17) is 18.9 Å². The van der Waals surface area contributed by atoms with Gasteiger partial charge in [0.2, 0.25) is 0 Å². The highest BCUT2D eigenvalue weighted by molar-refractivity contribution is 5.09. The van der Waals surface area contributed by atoms with Crippen LogP contribution in [0.3, 0.4) is 0 Å². The van der Waals surface area contributed by atoms with Gasteiger partial charge in [-0.2, -0.15) is 0 Å². The van der Waals surface area contributed by atoms with E-state index in [0.717, 1.165) is 38.9 Å². The van der Waals surface area contributed by atoms with Crippen LogP contribution in [-0.2, 0) is 18.9 Å². The molecule has 1 aliphatic carbocycles. The van der Waals surface area contributed by atoms with Crippen molar-refractivity contribution in [1.29, 1.82) is 0 Å². The summed E-state index contributed by atoms with van der Waals surface area (Å²) in [5, 5.41) is 0. The highest BCUT2D eigenvalue weighted by atomic mass is 16.7. The molecule has 2 fully saturated rings. The topological polar surface area (TPSA) is 36.9 Å². The van der Waals surface area contributed by atoms with E-state index in [9.17, 15) is 0 Å². The number of hydrogen-bond acceptors (Lipinski definition) is 4. The lowest BCUT2D eigenvalue weighted by molar-refractivity contribution is -0.145. The van der Waals surface area contributed by atoms with Gasteiger partial charge < -0.3 is 18.9 Å². The predicted molar refractivity (Wildman–Crippen MR) is 114 cm³/mol. The first-order valence-electron chi connectivity index (χ1n) is 10.9. The normalized spacial score (nSPS) is 26.9. The summed E-state index contributed by atoms with van der Waals surface area (Å²) in [6, 6.07) is 0. The third-order valence-electron chi connectivity index (χ3n) is 6.77. The zero-order valence-corrected chi connectivity index (χ0v) is 19.2. The number of ether oxygens (including phenoxy) is 4. The number of methoxy groups -OCH3 is 2. The van der Waals surface area contributed by atoms with Crippen LogP contribution in [0.1, 0.15) is 73.1 Å². The SMILES string of the molecule is COC(OC)[C@H]1[C@@H](CC/C(C)=C/CC/C(C)=C/CCC2(C)OCCO2)C1(C)C. The van der Waals surface area contributed by atoms with Crippen LogP contribution in [0.25, 0.3) is 0 Å². The lowest BCUT2D eigenvalue weighted by Crippen LogP contribution is -2.24. The summed E-state index contributed by atoms with van der Waals surface area (Å²) >= 11 is 0. The molecule has 28 heavy (non-hydrogen) atoms. The first kappa shape index (κ1) is 23.6. The van der Waals surface area contributed by atoms with Crippen molar-refractivity contribution >= 4 is 0 Å². The van der Waals surface area contributed by atoms with Crippen LogP contribution in [0.4, 0.5) is 0 Å². The van der Waals surface area contributed by atoms with Crippen LogP contribution in [0.5, 0.6) is 0 Å². The molecule has 1 heterocycles. The molecule has 0 aromatic carbocycles. The van der Waals surface area contributed by atoms with Crippen LogP contribution in [0.2, 0.25) is 0 Å². The van der Waals surface area contributed by atoms with Crippen LogP contribution in [-0.4, -0.2) is 39.5 Å². The van der Waals surface area contributed by atoms with Crippen LogP contribution in [0, 0.1) is 17.3 Å². The van der Waals surface area contributed by atoms with Gasteiger partial charge in [0.25, 0.3) is 0 Å². The van der Waals surface area contributed by atoms with Crippen molar-refractivity contribution in [2.45, 2.75) is 85.2 Å². The maximum atomic E-state index is 5.66. The number of hydrogen-bond donors (Lipinski definition) is 0. The molecule has 4 heteroatoms. The molecule has 0 aromatic rings. The smallest absolute Gasteiger partial charge is 0.166 e. The minimum atomic E-state index is -0.369. The van der Waals surface area contributed by atoms with E-state index in [1.54, 1.807) is 14.2 Å². The molecular weight excluding hydrogens is 352 g/mol. The Morgan fingerprint density at radius 3 is 2.14 bits per heavy atom. The molecule has 1 aliphatic heterocycles. The zero-order valence-electron chi connectivity index (χ0n) is 19.2. The fourth-order valence-electron chi connectivity index (χ4n) is 4.68. The first-order chi connectivity index (χ1) is 13.2. The Hall–Kier alpha value is -0.680. The van der Waals surface area contributed by atoms with E-state index < -0.39 is 0 Å². The van der Waals surface area contributed by atoms with Gasteiger partial charge in [-0.1, -0.05) is 37.1 Å². The van der Waals surface area contributed by atoms with Gasteiger partial charge in [0.15, 0.2) is 12.1 Å². The lowest BCUT2D eigenvalue weighted by Gasteiger charge is -2.21. The minimum absolute atomic E-state index is 0.0700. The maximum absolute atomic E-state index is 5.66. The molecule has 0 bridgehead atoms. The Morgan fingerprint density at radius 2 is 1.54 bits per heavy atom. The highest BCUT2D eigenvalue weighted by Crippen LogP contribution is 2.62. The second kappa shape index (κ2) is 10.4. The molecule has 0 spiro atoms. The van der Waals surface area contributed by atoms with Gasteiger partial charge in [-0.25, -0.2) is 0 Å². The van der Waals surface area contributed by atoms with Gasteiger partial charge in [-0.3, -0.25) is 0 Å². The Balaban J connectivity index is 1.66. The third kappa shape index (κ3) is 6.41. The van der Waals surface area contributed by atoms with E-state index in [1.165, 1.54) is 24.0 Å². The van der Waals surface area contributed by atoms with E-state index in [1.807, 2.05) is 6.92 Å². The summed E-state index contributed by atoms with van der Waals surface area (Å²) in [5.74, 6) is 0.825. The van der Waals surface area contributed by atoms with Crippen LogP contribution >= 0.6 is 0 Å². The van der Waals surface area contributed by atoms with Crippen molar-refractivity contribution in [1.82, 2.24) is 0 Å². The molecule has 0 radical (unpaired) electrons. The average Bonchev–Trinajstić information content (AvgIpc) is 2.95. The van der Waals surface area contributed by atoms with E-state index in [0.29, 0.717) is 17.3 Å². The Bertz CT molecular complexity index is 539. The largest absolute Gasteiger partial charge is 0.356 e. The second-order valence-electron chi connectivity index (χ2n) is 9.34. The maximum Gasteiger partial charge on any atom is 0.166 e. The van der Waals surface area contributed by atoms with E-state index in [-0.39, 0.29) is 12.1 Å². The fraction of sp³-hybridized carbons (Fsp3) is 0.833. The average molecular weight is 395 g/mol. The van der Waals surface area contributed by atoms with Crippen LogP contribution in [0.15, 0.2) is 23.3 Å². The van der Waals surface area contributed by atoms with Gasteiger partial charge in [0.05, 0.1) is 13.2 Å². The Kier molecular flexibility index (Phi) is 8.75. The van der Waals surface area contributed by atoms with Crippen LogP contribution < -0.4 is 0 Å². The van der Waals surface area contributed by atoms with Crippen molar-refractivity contribution in [2.24, 2.45) is 17.3 Å². The molecule has 0 N–H and O–H groups in total. The summed E-state index contributed by atoms with van der Waals surface area (Å²) in [7, 11) is 3.49. The van der Waals surface area contributed by atoms with E-state index >= 15 is 0 Å². The van der Waals surface area contributed by atoms with Crippen molar-refractivity contribution in [2.75, 3.05) is 27.4 Å². The molecule has 162 valence electrons. The summed E-state index contributed by atoms with van der Waals surface area (Å²) in [4.78, 5) is 0. The van der Waals surface area contributed by atoms with Crippen molar-refractivity contribution in [3.63, 3.8) is 0 Å². The van der Waals surface area contributed by atoms with Crippen molar-refractivity contribution < 1.29 is 18.9 Å². The van der Waals surface area contributed by atoms with Gasteiger partial charge in [-0.15, -0.1) is 0 Å². The quantitative estimate of drug-likeness (QED) is 0.306. The highest BCUT2D eigenvalue weighted by Gasteiger charge is 2.60. The number of allylic oxidation sites excluding steroid dienone is 4. The Labute approximate surface area is 172 Å². The summed E-state index contributed by atoms with van der Waals surface area (Å²) in [6.45, 7) is 12.7. The molecule has 2 atom stereocenters. The molecule has 2 rings (SSSR count). The van der Waals surface area contributed by atoms with Gasteiger partial charge in [0, 0.05) is 26.6 Å². The molecule has 1 saturated heterocycles. The first-order valence-corrected chi connectivity index (χ1v) is 10.9. The van der Waals surface area contributed by atoms with Gasteiger partial charge in [-0.05, 0) is 64.2 Å². The lowest BCUT2D eigenvalue weighted by atomic mass is 10.0. The summed E-state index contributed by atoms with van der Waals surface area (Å²) in [5.41, 5.74) is 3.28. The predicted octanol–water partition coefficient (Wildman–Crippen LogP) is 5.87. The standard InChI is InChI=1S/C24H42O4/c1-18(12-9-15-24(5)27-16-17-28-24)10-8-11-19(2)13-14-20-21(23(20,3)4)22(25-6)26-7/h11-12,20-22H,8-10,13-17H2,1-7H3/b18-12+,19-11+/t20-,21-/m1/s1. The van der Waals surface area contributed by atoms with Gasteiger partial charge in [0.1, 0.15) is 0 Å². The van der Waals surface area contributed by atoms with Crippen molar-refractivity contribution in [3.05, 3.63) is 23.3 Å².